The number of carbonyl (C=O) groups excluding carboxylic acids is 1. The Balaban J connectivity index is 2.94. The Labute approximate surface area is 109 Å². The number of carboxylic acid groups (broad SMARTS) is 1. The van der Waals surface area contributed by atoms with Crippen molar-refractivity contribution in [1.29, 1.82) is 0 Å². The van der Waals surface area contributed by atoms with Crippen molar-refractivity contribution in [2.24, 2.45) is 5.92 Å². The summed E-state index contributed by atoms with van der Waals surface area (Å²) in [5.74, 6) is -4.09. The number of carbonyl (C=O) groups is 2. The van der Waals surface area contributed by atoms with Gasteiger partial charge in [-0.2, -0.15) is 0 Å². The summed E-state index contributed by atoms with van der Waals surface area (Å²) in [7, 11) is 1.35. The molecule has 1 unspecified atom stereocenters. The molecule has 0 radical (unpaired) electrons. The number of nitrogens with zero attached hydrogens (tertiary/aromatic N) is 1. The Bertz CT molecular complexity index is 517. The van der Waals surface area contributed by atoms with E-state index in [1.54, 1.807) is 0 Å². The number of aryl methyl sites for hydroxylation is 1. The molecule has 0 saturated heterocycles. The van der Waals surface area contributed by atoms with Gasteiger partial charge in [0.15, 0.2) is 0 Å². The van der Waals surface area contributed by atoms with E-state index in [0.717, 1.165) is 17.0 Å². The van der Waals surface area contributed by atoms with Gasteiger partial charge in [0.1, 0.15) is 11.6 Å². The van der Waals surface area contributed by atoms with Gasteiger partial charge in [-0.15, -0.1) is 0 Å². The highest BCUT2D eigenvalue weighted by Gasteiger charge is 2.21. The average molecular weight is 271 g/mol. The van der Waals surface area contributed by atoms with Gasteiger partial charge in [-0.3, -0.25) is 9.59 Å². The predicted molar refractivity (Wildman–Crippen MR) is 64.9 cm³/mol. The number of rotatable bonds is 4. The average Bonchev–Trinajstić information content (AvgIpc) is 2.32. The maximum absolute atomic E-state index is 13.6. The second-order valence-corrected chi connectivity index (χ2v) is 4.51. The molecule has 0 aromatic heterocycles. The number of halogens is 2. The molecule has 1 aromatic carbocycles. The molecule has 0 saturated carbocycles. The number of benzene rings is 1. The standard InChI is InChI=1S/C13H15F2NO3/c1-7-4-11(15)9(5-10(7)14)12(17)16(3)6-8(2)13(18)19/h4-5,8H,6H2,1-3H3,(H,18,19). The number of amides is 1. The van der Waals surface area contributed by atoms with E-state index in [2.05, 4.69) is 0 Å². The van der Waals surface area contributed by atoms with E-state index in [9.17, 15) is 18.4 Å². The van der Waals surface area contributed by atoms with Crippen LogP contribution in [0.4, 0.5) is 8.78 Å². The van der Waals surface area contributed by atoms with Gasteiger partial charge in [0, 0.05) is 13.6 Å². The van der Waals surface area contributed by atoms with Crippen LogP contribution >= 0.6 is 0 Å². The summed E-state index contributed by atoms with van der Waals surface area (Å²) in [6.45, 7) is 2.74. The Morgan fingerprint density at radius 3 is 2.42 bits per heavy atom. The van der Waals surface area contributed by atoms with Crippen molar-refractivity contribution in [1.82, 2.24) is 4.90 Å². The lowest BCUT2D eigenvalue weighted by Crippen LogP contribution is -2.34. The lowest BCUT2D eigenvalue weighted by atomic mass is 10.1. The summed E-state index contributed by atoms with van der Waals surface area (Å²) in [6.07, 6.45) is 0. The molecule has 1 N–H and O–H groups in total. The van der Waals surface area contributed by atoms with Crippen LogP contribution in [0.15, 0.2) is 12.1 Å². The number of carboxylic acids is 1. The van der Waals surface area contributed by atoms with Crippen LogP contribution in [-0.2, 0) is 4.79 Å². The minimum atomic E-state index is -1.06. The topological polar surface area (TPSA) is 57.6 Å². The summed E-state index contributed by atoms with van der Waals surface area (Å²) in [5, 5.41) is 8.75. The zero-order valence-electron chi connectivity index (χ0n) is 10.9. The van der Waals surface area contributed by atoms with Crippen molar-refractivity contribution in [3.8, 4) is 0 Å². The number of aliphatic carboxylic acids is 1. The first-order valence-electron chi connectivity index (χ1n) is 5.68. The minimum Gasteiger partial charge on any atom is -0.481 e. The molecular weight excluding hydrogens is 256 g/mol. The second kappa shape index (κ2) is 5.77. The third-order valence-corrected chi connectivity index (χ3v) is 2.79. The van der Waals surface area contributed by atoms with Crippen LogP contribution in [0, 0.1) is 24.5 Å². The second-order valence-electron chi connectivity index (χ2n) is 4.51. The SMILES string of the molecule is Cc1cc(F)c(C(=O)N(C)CC(C)C(=O)O)cc1F. The molecule has 6 heteroatoms. The molecule has 0 aliphatic rings. The molecule has 0 aliphatic carbocycles. The Morgan fingerprint density at radius 2 is 1.89 bits per heavy atom. The van der Waals surface area contributed by atoms with Crippen LogP contribution in [-0.4, -0.2) is 35.5 Å². The van der Waals surface area contributed by atoms with Gasteiger partial charge >= 0.3 is 5.97 Å². The molecule has 1 atom stereocenters. The van der Waals surface area contributed by atoms with Gasteiger partial charge in [-0.1, -0.05) is 6.92 Å². The fraction of sp³-hybridized carbons (Fsp3) is 0.385. The van der Waals surface area contributed by atoms with E-state index in [1.807, 2.05) is 0 Å². The highest BCUT2D eigenvalue weighted by atomic mass is 19.1. The van der Waals surface area contributed by atoms with Gasteiger partial charge in [-0.25, -0.2) is 8.78 Å². The predicted octanol–water partition coefficient (Wildman–Crippen LogP) is 2.07. The van der Waals surface area contributed by atoms with E-state index in [-0.39, 0.29) is 12.1 Å². The first kappa shape index (κ1) is 15.1. The third-order valence-electron chi connectivity index (χ3n) is 2.79. The zero-order valence-corrected chi connectivity index (χ0v) is 10.9. The van der Waals surface area contributed by atoms with Gasteiger partial charge in [0.25, 0.3) is 5.91 Å². The summed E-state index contributed by atoms with van der Waals surface area (Å²) < 4.78 is 26.9. The maximum atomic E-state index is 13.6. The number of hydrogen-bond donors (Lipinski definition) is 1. The largest absolute Gasteiger partial charge is 0.481 e. The van der Waals surface area contributed by atoms with Crippen LogP contribution in [0.1, 0.15) is 22.8 Å². The third kappa shape index (κ3) is 3.49. The molecule has 0 bridgehead atoms. The van der Waals surface area contributed by atoms with E-state index >= 15 is 0 Å². The monoisotopic (exact) mass is 271 g/mol. The van der Waals surface area contributed by atoms with Crippen molar-refractivity contribution in [3.05, 3.63) is 34.9 Å². The van der Waals surface area contributed by atoms with Crippen LogP contribution in [0.3, 0.4) is 0 Å². The smallest absolute Gasteiger partial charge is 0.308 e. The maximum Gasteiger partial charge on any atom is 0.308 e. The normalized spacial score (nSPS) is 12.1. The van der Waals surface area contributed by atoms with Crippen molar-refractivity contribution < 1.29 is 23.5 Å². The fourth-order valence-electron chi connectivity index (χ4n) is 1.59. The van der Waals surface area contributed by atoms with Crippen molar-refractivity contribution in [2.45, 2.75) is 13.8 Å². The van der Waals surface area contributed by atoms with Gasteiger partial charge < -0.3 is 10.0 Å². The molecule has 1 amide bonds. The van der Waals surface area contributed by atoms with Gasteiger partial charge in [0.2, 0.25) is 0 Å². The highest BCUT2D eigenvalue weighted by molar-refractivity contribution is 5.94. The van der Waals surface area contributed by atoms with Crippen LogP contribution < -0.4 is 0 Å². The summed E-state index contributed by atoms with van der Waals surface area (Å²) in [5.41, 5.74) is -0.293. The van der Waals surface area contributed by atoms with Crippen LogP contribution in [0.2, 0.25) is 0 Å². The number of hydrogen-bond acceptors (Lipinski definition) is 2. The lowest BCUT2D eigenvalue weighted by molar-refractivity contribution is -0.141. The Kier molecular flexibility index (Phi) is 4.58. The van der Waals surface area contributed by atoms with E-state index in [0.29, 0.717) is 0 Å². The lowest BCUT2D eigenvalue weighted by Gasteiger charge is -2.20. The zero-order chi connectivity index (χ0) is 14.7. The molecule has 0 aliphatic heterocycles. The van der Waals surface area contributed by atoms with Crippen LogP contribution in [0.5, 0.6) is 0 Å². The van der Waals surface area contributed by atoms with E-state index in [4.69, 9.17) is 5.11 Å². The van der Waals surface area contributed by atoms with E-state index in [1.165, 1.54) is 20.9 Å². The van der Waals surface area contributed by atoms with Gasteiger partial charge in [0.05, 0.1) is 11.5 Å². The fourth-order valence-corrected chi connectivity index (χ4v) is 1.59. The first-order chi connectivity index (χ1) is 8.73. The summed E-state index contributed by atoms with van der Waals surface area (Å²) in [6, 6.07) is 1.77. The summed E-state index contributed by atoms with van der Waals surface area (Å²) >= 11 is 0. The van der Waals surface area contributed by atoms with E-state index < -0.39 is 35.0 Å². The molecule has 4 nitrogen and oxygen atoms in total. The first-order valence-corrected chi connectivity index (χ1v) is 5.68. The Hall–Kier alpha value is -1.98. The van der Waals surface area contributed by atoms with Crippen molar-refractivity contribution >= 4 is 11.9 Å². The van der Waals surface area contributed by atoms with Crippen molar-refractivity contribution in [3.63, 3.8) is 0 Å². The van der Waals surface area contributed by atoms with Crippen molar-refractivity contribution in [2.75, 3.05) is 13.6 Å². The molecular formula is C13H15F2NO3. The minimum absolute atomic E-state index is 0.0803. The quantitative estimate of drug-likeness (QED) is 0.912. The van der Waals surface area contributed by atoms with Gasteiger partial charge in [-0.05, 0) is 24.6 Å². The molecule has 0 fully saturated rings. The molecule has 1 rings (SSSR count). The Morgan fingerprint density at radius 1 is 1.32 bits per heavy atom. The molecule has 104 valence electrons. The molecule has 1 aromatic rings. The highest BCUT2D eigenvalue weighted by Crippen LogP contribution is 2.16. The molecule has 0 spiro atoms. The van der Waals surface area contributed by atoms with Crippen LogP contribution in [0.25, 0.3) is 0 Å². The molecule has 0 heterocycles. The molecule has 19 heavy (non-hydrogen) atoms. The summed E-state index contributed by atoms with van der Waals surface area (Å²) in [4.78, 5) is 23.7.